The van der Waals surface area contributed by atoms with Crippen molar-refractivity contribution in [2.45, 2.75) is 13.8 Å². The maximum atomic E-state index is 12.3. The van der Waals surface area contributed by atoms with Gasteiger partial charge in [0.25, 0.3) is 0 Å². The molecule has 1 aliphatic heterocycles. The highest BCUT2D eigenvalue weighted by Crippen LogP contribution is 2.08. The SMILES string of the molecule is C=C(C)C(=O)OCCOC(=O)/C(=C/C=C/N1CCN(/C=C/C=C(\C(=O)OC)C(=O)OCCOC(=O)C(=C)C)CC1)C(=O)OC. The fourth-order valence-corrected chi connectivity index (χ4v) is 3.16. The lowest BCUT2D eigenvalue weighted by molar-refractivity contribution is -0.150. The van der Waals surface area contributed by atoms with E-state index in [0.717, 1.165) is 14.2 Å². The Kier molecular flexibility index (Phi) is 16.7. The Labute approximate surface area is 255 Å². The third kappa shape index (κ3) is 13.7. The molecule has 0 amide bonds. The molecule has 1 aliphatic rings. The van der Waals surface area contributed by atoms with Crippen LogP contribution in [0.3, 0.4) is 0 Å². The molecule has 0 radical (unpaired) electrons. The predicted molar refractivity (Wildman–Crippen MR) is 155 cm³/mol. The minimum absolute atomic E-state index is 0.195. The lowest BCUT2D eigenvalue weighted by Gasteiger charge is -2.33. The van der Waals surface area contributed by atoms with Crippen molar-refractivity contribution in [2.24, 2.45) is 0 Å². The lowest BCUT2D eigenvalue weighted by atomic mass is 10.2. The molecule has 0 bridgehead atoms. The molecule has 14 heteroatoms. The molecule has 44 heavy (non-hydrogen) atoms. The molecule has 1 rings (SSSR count). The fourth-order valence-electron chi connectivity index (χ4n) is 3.16. The first-order valence-corrected chi connectivity index (χ1v) is 13.3. The van der Waals surface area contributed by atoms with E-state index in [2.05, 4.69) is 22.6 Å². The van der Waals surface area contributed by atoms with E-state index in [1.54, 1.807) is 12.4 Å². The predicted octanol–water partition coefficient (Wildman–Crippen LogP) is 1.16. The van der Waals surface area contributed by atoms with E-state index >= 15 is 0 Å². The Balaban J connectivity index is 2.66. The molecule has 0 unspecified atom stereocenters. The van der Waals surface area contributed by atoms with Gasteiger partial charge in [0.1, 0.15) is 37.6 Å². The van der Waals surface area contributed by atoms with Crippen LogP contribution in [-0.4, -0.2) is 112 Å². The number of methoxy groups -OCH3 is 2. The molecule has 1 saturated heterocycles. The third-order valence-corrected chi connectivity index (χ3v) is 5.52. The van der Waals surface area contributed by atoms with Gasteiger partial charge in [0.2, 0.25) is 0 Å². The number of hydrogen-bond acceptors (Lipinski definition) is 14. The second-order valence-corrected chi connectivity index (χ2v) is 9.00. The second kappa shape index (κ2) is 19.9. The topological polar surface area (TPSA) is 164 Å². The van der Waals surface area contributed by atoms with E-state index in [1.807, 2.05) is 9.80 Å². The maximum Gasteiger partial charge on any atom is 0.345 e. The first kappa shape index (κ1) is 36.9. The number of nitrogens with zero attached hydrogens (tertiary/aromatic N) is 2. The quantitative estimate of drug-likeness (QED) is 0.0460. The summed E-state index contributed by atoms with van der Waals surface area (Å²) in [6.45, 7) is 11.3. The number of allylic oxidation sites excluding steroid dienone is 4. The van der Waals surface area contributed by atoms with E-state index in [0.29, 0.717) is 26.2 Å². The molecule has 0 atom stereocenters. The fraction of sp³-hybridized carbons (Fsp3) is 0.400. The van der Waals surface area contributed by atoms with Gasteiger partial charge in [-0.05, 0) is 50.6 Å². The Morgan fingerprint density at radius 3 is 1.11 bits per heavy atom. The van der Waals surface area contributed by atoms with Crippen molar-refractivity contribution < 1.29 is 57.2 Å². The van der Waals surface area contributed by atoms with Gasteiger partial charge in [0, 0.05) is 37.3 Å². The summed E-state index contributed by atoms with van der Waals surface area (Å²) in [5, 5.41) is 0. The first-order valence-electron chi connectivity index (χ1n) is 13.3. The van der Waals surface area contributed by atoms with Crippen LogP contribution in [0.4, 0.5) is 0 Å². The summed E-state index contributed by atoms with van der Waals surface area (Å²) in [5.74, 6) is -4.88. The van der Waals surface area contributed by atoms with Crippen molar-refractivity contribution >= 4 is 35.8 Å². The third-order valence-electron chi connectivity index (χ3n) is 5.52. The second-order valence-electron chi connectivity index (χ2n) is 9.00. The normalized spacial score (nSPS) is 13.7. The zero-order valence-corrected chi connectivity index (χ0v) is 25.3. The largest absolute Gasteiger partial charge is 0.465 e. The molecule has 0 aromatic rings. The minimum Gasteiger partial charge on any atom is -0.465 e. The van der Waals surface area contributed by atoms with Crippen molar-refractivity contribution in [2.75, 3.05) is 66.8 Å². The number of esters is 6. The van der Waals surface area contributed by atoms with Gasteiger partial charge < -0.3 is 38.2 Å². The van der Waals surface area contributed by atoms with Crippen LogP contribution in [0, 0.1) is 0 Å². The molecule has 0 aromatic carbocycles. The van der Waals surface area contributed by atoms with Gasteiger partial charge >= 0.3 is 35.8 Å². The van der Waals surface area contributed by atoms with Crippen LogP contribution in [0.5, 0.6) is 0 Å². The molecule has 0 aliphatic carbocycles. The molecule has 0 spiro atoms. The molecule has 0 aromatic heterocycles. The van der Waals surface area contributed by atoms with Crippen LogP contribution in [-0.2, 0) is 57.2 Å². The lowest BCUT2D eigenvalue weighted by Crippen LogP contribution is -2.41. The Bertz CT molecular complexity index is 1130. The highest BCUT2D eigenvalue weighted by atomic mass is 16.6. The molecular weight excluding hydrogens is 580 g/mol. The van der Waals surface area contributed by atoms with Crippen LogP contribution in [0.2, 0.25) is 0 Å². The zero-order valence-electron chi connectivity index (χ0n) is 25.3. The summed E-state index contributed by atoms with van der Waals surface area (Å²) in [6.07, 6.45) is 8.95. The van der Waals surface area contributed by atoms with E-state index in [1.165, 1.54) is 38.2 Å². The molecule has 0 N–H and O–H groups in total. The van der Waals surface area contributed by atoms with E-state index in [9.17, 15) is 28.8 Å². The molecular formula is C30H38N2O12. The van der Waals surface area contributed by atoms with Gasteiger partial charge in [-0.15, -0.1) is 0 Å². The van der Waals surface area contributed by atoms with Gasteiger partial charge in [-0.3, -0.25) is 0 Å². The van der Waals surface area contributed by atoms with Crippen LogP contribution in [0.1, 0.15) is 13.8 Å². The summed E-state index contributed by atoms with van der Waals surface area (Å²) < 4.78 is 28.9. The van der Waals surface area contributed by atoms with Crippen molar-refractivity contribution in [1.29, 1.82) is 0 Å². The van der Waals surface area contributed by atoms with Crippen LogP contribution in [0.15, 0.2) is 72.2 Å². The van der Waals surface area contributed by atoms with Crippen molar-refractivity contribution in [1.82, 2.24) is 9.80 Å². The van der Waals surface area contributed by atoms with Gasteiger partial charge in [0.05, 0.1) is 14.2 Å². The Morgan fingerprint density at radius 2 is 0.841 bits per heavy atom. The van der Waals surface area contributed by atoms with Gasteiger partial charge in [-0.2, -0.15) is 0 Å². The number of piperazine rings is 1. The van der Waals surface area contributed by atoms with Crippen LogP contribution in [0.25, 0.3) is 0 Å². The number of rotatable bonds is 16. The zero-order chi connectivity index (χ0) is 33.1. The molecule has 1 heterocycles. The van der Waals surface area contributed by atoms with Crippen molar-refractivity contribution in [3.63, 3.8) is 0 Å². The summed E-state index contributed by atoms with van der Waals surface area (Å²) in [5.41, 5.74) is -0.269. The summed E-state index contributed by atoms with van der Waals surface area (Å²) in [4.78, 5) is 75.4. The molecule has 240 valence electrons. The molecule has 14 nitrogen and oxygen atoms in total. The number of hydrogen-bond donors (Lipinski definition) is 0. The smallest absolute Gasteiger partial charge is 0.345 e. The maximum absolute atomic E-state index is 12.3. The van der Waals surface area contributed by atoms with Gasteiger partial charge in [-0.25, -0.2) is 28.8 Å². The number of carbonyl (C=O) groups is 6. The summed E-state index contributed by atoms with van der Waals surface area (Å²) in [6, 6.07) is 0. The van der Waals surface area contributed by atoms with Gasteiger partial charge in [0.15, 0.2) is 0 Å². The van der Waals surface area contributed by atoms with Crippen LogP contribution >= 0.6 is 0 Å². The Hall–Kier alpha value is -5.14. The molecule has 1 fully saturated rings. The standard InChI is InChI=1S/C30H38N2O12/c1-21(2)25(33)41-17-19-43-29(37)23(27(35)39-5)9-7-11-31-13-15-32(16-14-31)12-8-10-24(28(36)40-6)30(38)44-20-18-42-26(34)22(3)4/h7-12H,1,3,13-20H2,2,4-6H3/b11-7+,12-8+,23-9+,24-10+. The van der Waals surface area contributed by atoms with E-state index < -0.39 is 35.8 Å². The van der Waals surface area contributed by atoms with Crippen molar-refractivity contribution in [3.05, 3.63) is 72.2 Å². The highest BCUT2D eigenvalue weighted by molar-refractivity contribution is 6.14. The summed E-state index contributed by atoms with van der Waals surface area (Å²) in [7, 11) is 2.26. The number of ether oxygens (including phenoxy) is 6. The molecule has 0 saturated carbocycles. The average Bonchev–Trinajstić information content (AvgIpc) is 3.01. The Morgan fingerprint density at radius 1 is 0.545 bits per heavy atom. The monoisotopic (exact) mass is 618 g/mol. The highest BCUT2D eigenvalue weighted by Gasteiger charge is 2.21. The van der Waals surface area contributed by atoms with Crippen molar-refractivity contribution in [3.8, 4) is 0 Å². The first-order chi connectivity index (χ1) is 20.9. The number of carbonyl (C=O) groups excluding carboxylic acids is 6. The average molecular weight is 619 g/mol. The minimum atomic E-state index is -0.933. The van der Waals surface area contributed by atoms with E-state index in [4.69, 9.17) is 18.9 Å². The van der Waals surface area contributed by atoms with E-state index in [-0.39, 0.29) is 48.7 Å². The van der Waals surface area contributed by atoms with Gasteiger partial charge in [-0.1, -0.05) is 13.2 Å². The van der Waals surface area contributed by atoms with Crippen LogP contribution < -0.4 is 0 Å². The summed E-state index contributed by atoms with van der Waals surface area (Å²) >= 11 is 0.